The topological polar surface area (TPSA) is 45.9 Å². The minimum absolute atomic E-state index is 0.0191. The van der Waals surface area contributed by atoms with Gasteiger partial charge in [0.25, 0.3) is 0 Å². The van der Waals surface area contributed by atoms with Gasteiger partial charge >= 0.3 is 11.7 Å². The second-order valence-corrected chi connectivity index (χ2v) is 7.92. The Balaban J connectivity index is 1.57. The minimum atomic E-state index is -1.02. The van der Waals surface area contributed by atoms with E-state index in [1.54, 1.807) is 12.1 Å². The normalized spacial score (nSPS) is 14.8. The lowest BCUT2D eigenvalue weighted by Gasteiger charge is -2.08. The first kappa shape index (κ1) is 20.9. The summed E-state index contributed by atoms with van der Waals surface area (Å²) in [5.41, 5.74) is 2.44. The molecule has 0 spiro atoms. The molecule has 33 heavy (non-hydrogen) atoms. The molecule has 1 N–H and O–H groups in total. The number of nitrogens with one attached hydrogen (secondary N) is 1. The molecule has 0 fully saturated rings. The molecule has 0 bridgehead atoms. The molecule has 1 unspecified atom stereocenters. The van der Waals surface area contributed by atoms with Gasteiger partial charge in [-0.05, 0) is 35.4 Å². The van der Waals surface area contributed by atoms with Crippen LogP contribution < -0.4 is 9.88 Å². The zero-order valence-electron chi connectivity index (χ0n) is 17.4. The maximum Gasteiger partial charge on any atom is 0.359 e. The monoisotopic (exact) mass is 446 g/mol. The van der Waals surface area contributed by atoms with E-state index in [2.05, 4.69) is 10.3 Å². The zero-order chi connectivity index (χ0) is 22.9. The molecule has 0 saturated heterocycles. The Morgan fingerprint density at radius 2 is 1.64 bits per heavy atom. The van der Waals surface area contributed by atoms with Crippen molar-refractivity contribution in [1.82, 2.24) is 4.98 Å². The van der Waals surface area contributed by atoms with E-state index in [0.29, 0.717) is 24.4 Å². The summed E-state index contributed by atoms with van der Waals surface area (Å²) in [6.45, 7) is 0. The van der Waals surface area contributed by atoms with Crippen LogP contribution in [0.15, 0.2) is 79.0 Å². The summed E-state index contributed by atoms with van der Waals surface area (Å²) >= 11 is 0. The van der Waals surface area contributed by atoms with Crippen molar-refractivity contribution in [2.75, 3.05) is 5.32 Å². The fraction of sp³-hybridized carbons (Fsp3) is 0.115. The first-order chi connectivity index (χ1) is 16.0. The van der Waals surface area contributed by atoms with Crippen molar-refractivity contribution in [2.45, 2.75) is 18.9 Å². The molecule has 1 aliphatic rings. The summed E-state index contributed by atoms with van der Waals surface area (Å²) < 4.78 is 43.1. The van der Waals surface area contributed by atoms with Crippen molar-refractivity contribution in [3.63, 3.8) is 0 Å². The maximum absolute atomic E-state index is 14.5. The van der Waals surface area contributed by atoms with Crippen LogP contribution in [0.4, 0.5) is 19.0 Å². The van der Waals surface area contributed by atoms with Crippen LogP contribution in [0.3, 0.4) is 0 Å². The third kappa shape index (κ3) is 4.09. The smallest absolute Gasteiger partial charge is 0.258 e. The van der Waals surface area contributed by atoms with Crippen LogP contribution in [0.25, 0.3) is 11.3 Å². The van der Waals surface area contributed by atoms with E-state index in [-0.39, 0.29) is 23.0 Å². The molecule has 7 heteroatoms. The molecule has 5 rings (SSSR count). The number of carbonyl (C=O) groups excluding carboxylic acids is 1. The molecular formula is C26H19F3N3O+. The fourth-order valence-electron chi connectivity index (χ4n) is 4.01. The number of halogens is 3. The van der Waals surface area contributed by atoms with E-state index >= 15 is 0 Å². The summed E-state index contributed by atoms with van der Waals surface area (Å²) in [4.78, 5) is 17.8. The number of hydrogen-bond donors (Lipinski definition) is 1. The Kier molecular flexibility index (Phi) is 5.38. The number of carbonyl (C=O) groups is 1. The van der Waals surface area contributed by atoms with Gasteiger partial charge in [-0.2, -0.15) is 4.57 Å². The van der Waals surface area contributed by atoms with Crippen LogP contribution in [0.1, 0.15) is 21.6 Å². The molecule has 0 radical (unpaired) electrons. The standard InChI is InChI=1S/C26H18F3N3O/c27-18-11-9-17(10-12-18)14-22-26(33)32-15-23(19-7-4-8-20(28)24(19)29)30-21(25(32)31-22)13-16-5-2-1-3-6-16/h1-12,15,22H,13-14H2/p+1. The van der Waals surface area contributed by atoms with Gasteiger partial charge in [0.05, 0.1) is 0 Å². The summed E-state index contributed by atoms with van der Waals surface area (Å²) in [5, 5.41) is 3.23. The number of aromatic nitrogens is 2. The highest BCUT2D eigenvalue weighted by Crippen LogP contribution is 2.27. The lowest BCUT2D eigenvalue weighted by atomic mass is 10.1. The molecule has 0 saturated carbocycles. The fourth-order valence-corrected chi connectivity index (χ4v) is 4.01. The first-order valence-electron chi connectivity index (χ1n) is 10.5. The maximum atomic E-state index is 14.5. The van der Waals surface area contributed by atoms with Gasteiger partial charge in [-0.25, -0.2) is 22.9 Å². The van der Waals surface area contributed by atoms with Gasteiger partial charge in [-0.3, -0.25) is 5.32 Å². The van der Waals surface area contributed by atoms with Crippen LogP contribution in [-0.4, -0.2) is 16.9 Å². The molecule has 0 amide bonds. The zero-order valence-corrected chi connectivity index (χ0v) is 17.4. The molecular weight excluding hydrogens is 427 g/mol. The molecule has 4 aromatic rings. The second-order valence-electron chi connectivity index (χ2n) is 7.92. The molecule has 3 aromatic carbocycles. The van der Waals surface area contributed by atoms with Crippen LogP contribution in [0.2, 0.25) is 0 Å². The van der Waals surface area contributed by atoms with Gasteiger partial charge in [-0.15, -0.1) is 0 Å². The summed E-state index contributed by atoms with van der Waals surface area (Å²) in [6, 6.07) is 18.8. The molecule has 1 aromatic heterocycles. The highest BCUT2D eigenvalue weighted by Gasteiger charge is 2.41. The average Bonchev–Trinajstić information content (AvgIpc) is 3.13. The van der Waals surface area contributed by atoms with E-state index < -0.39 is 17.7 Å². The number of rotatable bonds is 5. The second kappa shape index (κ2) is 8.50. The molecule has 2 heterocycles. The van der Waals surface area contributed by atoms with Crippen molar-refractivity contribution in [3.05, 3.63) is 113 Å². The molecule has 1 aliphatic heterocycles. The predicted molar refractivity (Wildman–Crippen MR) is 117 cm³/mol. The third-order valence-corrected chi connectivity index (χ3v) is 5.66. The van der Waals surface area contributed by atoms with Gasteiger partial charge in [0.1, 0.15) is 23.4 Å². The quantitative estimate of drug-likeness (QED) is 0.451. The predicted octanol–water partition coefficient (Wildman–Crippen LogP) is 4.72. The van der Waals surface area contributed by atoms with Crippen LogP contribution in [0, 0.1) is 17.5 Å². The lowest BCUT2D eigenvalue weighted by Crippen LogP contribution is -2.44. The van der Waals surface area contributed by atoms with Gasteiger partial charge < -0.3 is 0 Å². The van der Waals surface area contributed by atoms with E-state index in [1.165, 1.54) is 35.0 Å². The summed E-state index contributed by atoms with van der Waals surface area (Å²) in [6.07, 6.45) is 2.17. The van der Waals surface area contributed by atoms with Gasteiger partial charge in [-0.1, -0.05) is 48.5 Å². The van der Waals surface area contributed by atoms with Crippen LogP contribution >= 0.6 is 0 Å². The summed E-state index contributed by atoms with van der Waals surface area (Å²) in [5.74, 6) is -2.08. The number of fused-ring (bicyclic) bond motifs is 1. The number of benzene rings is 3. The highest BCUT2D eigenvalue weighted by molar-refractivity contribution is 5.82. The lowest BCUT2D eigenvalue weighted by molar-refractivity contribution is -0.552. The van der Waals surface area contributed by atoms with Crippen molar-refractivity contribution in [3.8, 4) is 11.3 Å². The van der Waals surface area contributed by atoms with E-state index in [1.807, 2.05) is 30.3 Å². The molecule has 1 atom stereocenters. The van der Waals surface area contributed by atoms with Gasteiger partial charge in [0.2, 0.25) is 0 Å². The van der Waals surface area contributed by atoms with Gasteiger partial charge in [0.15, 0.2) is 17.7 Å². The first-order valence-corrected chi connectivity index (χ1v) is 10.5. The Bertz CT molecular complexity index is 1340. The molecule has 164 valence electrons. The Morgan fingerprint density at radius 3 is 2.39 bits per heavy atom. The number of hydrogen-bond acceptors (Lipinski definition) is 3. The van der Waals surface area contributed by atoms with Crippen molar-refractivity contribution >= 4 is 11.7 Å². The molecule has 4 nitrogen and oxygen atoms in total. The Morgan fingerprint density at radius 1 is 0.879 bits per heavy atom. The Hall–Kier alpha value is -4.00. The van der Waals surface area contributed by atoms with Crippen molar-refractivity contribution in [2.24, 2.45) is 0 Å². The van der Waals surface area contributed by atoms with E-state index in [4.69, 9.17) is 0 Å². The average molecular weight is 446 g/mol. The highest BCUT2D eigenvalue weighted by atomic mass is 19.2. The van der Waals surface area contributed by atoms with Gasteiger partial charge in [0, 0.05) is 18.4 Å². The van der Waals surface area contributed by atoms with Crippen LogP contribution in [-0.2, 0) is 12.8 Å². The Labute approximate surface area is 188 Å². The number of nitrogens with zero attached hydrogens (tertiary/aromatic N) is 2. The van der Waals surface area contributed by atoms with E-state index in [0.717, 1.165) is 17.2 Å². The molecule has 0 aliphatic carbocycles. The van der Waals surface area contributed by atoms with Crippen LogP contribution in [0.5, 0.6) is 0 Å². The summed E-state index contributed by atoms with van der Waals surface area (Å²) in [7, 11) is 0. The minimum Gasteiger partial charge on any atom is -0.258 e. The number of anilines is 1. The SMILES string of the molecule is O=C1C(Cc2ccc(F)cc2)Nc2c(Cc3ccccc3)nc(-c3cccc(F)c3F)c[n+]21. The largest absolute Gasteiger partial charge is 0.359 e. The van der Waals surface area contributed by atoms with Crippen molar-refractivity contribution < 1.29 is 22.5 Å². The third-order valence-electron chi connectivity index (χ3n) is 5.66. The van der Waals surface area contributed by atoms with Crippen molar-refractivity contribution in [1.29, 1.82) is 0 Å². The van der Waals surface area contributed by atoms with E-state index in [9.17, 15) is 18.0 Å².